The van der Waals surface area contributed by atoms with Crippen LogP contribution in [0, 0.1) is 0 Å². The summed E-state index contributed by atoms with van der Waals surface area (Å²) >= 11 is 1.79. The van der Waals surface area contributed by atoms with Crippen LogP contribution in [-0.4, -0.2) is 35.2 Å². The van der Waals surface area contributed by atoms with E-state index in [0.717, 1.165) is 26.1 Å². The molecule has 0 bridgehead atoms. The molecule has 2 aromatic rings. The molecule has 1 aromatic heterocycles. The number of hydrogen-bond acceptors (Lipinski definition) is 4. The molecule has 0 radical (unpaired) electrons. The van der Waals surface area contributed by atoms with Crippen molar-refractivity contribution in [3.63, 3.8) is 0 Å². The smallest absolute Gasteiger partial charge is 0.0682 e. The minimum atomic E-state index is -0.201. The monoisotopic (exact) mass is 316 g/mol. The largest absolute Gasteiger partial charge is 0.392 e. The van der Waals surface area contributed by atoms with Crippen LogP contribution in [0.15, 0.2) is 47.8 Å². The fourth-order valence-corrected chi connectivity index (χ4v) is 3.89. The predicted octanol–water partition coefficient (Wildman–Crippen LogP) is 3.03. The van der Waals surface area contributed by atoms with Gasteiger partial charge in [0.1, 0.15) is 0 Å². The van der Waals surface area contributed by atoms with Crippen molar-refractivity contribution in [1.29, 1.82) is 0 Å². The Kier molecular flexibility index (Phi) is 5.26. The molecule has 118 valence electrons. The van der Waals surface area contributed by atoms with Crippen LogP contribution >= 0.6 is 11.3 Å². The Morgan fingerprint density at radius 2 is 2.09 bits per heavy atom. The highest BCUT2D eigenvalue weighted by Gasteiger charge is 2.30. The van der Waals surface area contributed by atoms with Gasteiger partial charge in [0.2, 0.25) is 0 Å². The summed E-state index contributed by atoms with van der Waals surface area (Å²) in [6, 6.07) is 15.6. The lowest BCUT2D eigenvalue weighted by molar-refractivity contribution is 0.172. The molecule has 3 atom stereocenters. The normalized spacial score (nSPS) is 23.7. The number of hydrogen-bond donors (Lipinski definition) is 2. The Bertz CT molecular complexity index is 558. The molecule has 0 aliphatic carbocycles. The maximum atomic E-state index is 10.0. The molecule has 2 N–H and O–H groups in total. The summed E-state index contributed by atoms with van der Waals surface area (Å²) < 4.78 is 0. The number of aliphatic hydroxyl groups excluding tert-OH is 1. The summed E-state index contributed by atoms with van der Waals surface area (Å²) in [6.07, 6.45) is 0.657. The van der Waals surface area contributed by atoms with Crippen LogP contribution in [0.2, 0.25) is 0 Å². The molecule has 1 fully saturated rings. The second-order valence-electron chi connectivity index (χ2n) is 6.10. The molecule has 22 heavy (non-hydrogen) atoms. The van der Waals surface area contributed by atoms with Crippen LogP contribution in [0.5, 0.6) is 0 Å². The highest BCUT2D eigenvalue weighted by molar-refractivity contribution is 7.10. The molecule has 4 heteroatoms. The van der Waals surface area contributed by atoms with Gasteiger partial charge in [0.15, 0.2) is 0 Å². The molecule has 0 saturated carbocycles. The average molecular weight is 316 g/mol. The van der Waals surface area contributed by atoms with Gasteiger partial charge in [-0.25, -0.2) is 0 Å². The van der Waals surface area contributed by atoms with E-state index in [1.54, 1.807) is 11.3 Å². The zero-order valence-corrected chi connectivity index (χ0v) is 13.8. The van der Waals surface area contributed by atoms with Gasteiger partial charge in [0.05, 0.1) is 6.10 Å². The van der Waals surface area contributed by atoms with Gasteiger partial charge in [-0.3, -0.25) is 4.90 Å². The first kappa shape index (κ1) is 15.7. The van der Waals surface area contributed by atoms with E-state index in [2.05, 4.69) is 58.9 Å². The van der Waals surface area contributed by atoms with Crippen molar-refractivity contribution >= 4 is 11.3 Å². The fraction of sp³-hybridized carbons (Fsp3) is 0.444. The third-order valence-electron chi connectivity index (χ3n) is 4.36. The molecule has 0 amide bonds. The number of nitrogens with one attached hydrogen (secondary N) is 1. The van der Waals surface area contributed by atoms with Gasteiger partial charge in [-0.2, -0.15) is 0 Å². The van der Waals surface area contributed by atoms with Gasteiger partial charge in [0, 0.05) is 36.6 Å². The van der Waals surface area contributed by atoms with Crippen LogP contribution in [-0.2, 0) is 6.54 Å². The standard InChI is InChI=1S/C18H24N2OS/c1-14(18-8-5-9-22-18)19-11-16-10-17(21)13-20(16)12-15-6-3-2-4-7-15/h2-9,14,16-17,19,21H,10-13H2,1H3/t14-,16-,17+/m0/s1. The first-order valence-corrected chi connectivity index (χ1v) is 8.83. The van der Waals surface area contributed by atoms with Crippen LogP contribution in [0.4, 0.5) is 0 Å². The minimum Gasteiger partial charge on any atom is -0.392 e. The zero-order valence-electron chi connectivity index (χ0n) is 13.0. The maximum Gasteiger partial charge on any atom is 0.0682 e. The van der Waals surface area contributed by atoms with E-state index in [0.29, 0.717) is 12.1 Å². The van der Waals surface area contributed by atoms with Crippen molar-refractivity contribution in [2.24, 2.45) is 0 Å². The van der Waals surface area contributed by atoms with Gasteiger partial charge < -0.3 is 10.4 Å². The Balaban J connectivity index is 1.56. The van der Waals surface area contributed by atoms with E-state index >= 15 is 0 Å². The number of likely N-dealkylation sites (tertiary alicyclic amines) is 1. The van der Waals surface area contributed by atoms with E-state index < -0.39 is 0 Å². The summed E-state index contributed by atoms with van der Waals surface area (Å²) in [5.41, 5.74) is 1.31. The third-order valence-corrected chi connectivity index (χ3v) is 5.42. The van der Waals surface area contributed by atoms with E-state index in [9.17, 15) is 5.11 Å². The topological polar surface area (TPSA) is 35.5 Å². The van der Waals surface area contributed by atoms with Crippen LogP contribution in [0.25, 0.3) is 0 Å². The lowest BCUT2D eigenvalue weighted by Crippen LogP contribution is -2.38. The Morgan fingerprint density at radius 1 is 1.27 bits per heavy atom. The summed E-state index contributed by atoms with van der Waals surface area (Å²) in [5.74, 6) is 0. The van der Waals surface area contributed by atoms with Gasteiger partial charge >= 0.3 is 0 Å². The quantitative estimate of drug-likeness (QED) is 0.860. The van der Waals surface area contributed by atoms with Crippen molar-refractivity contribution in [1.82, 2.24) is 10.2 Å². The molecular formula is C18H24N2OS. The molecule has 1 saturated heterocycles. The number of nitrogens with zero attached hydrogens (tertiary/aromatic N) is 1. The van der Waals surface area contributed by atoms with Gasteiger partial charge in [-0.1, -0.05) is 36.4 Å². The highest BCUT2D eigenvalue weighted by atomic mass is 32.1. The third kappa shape index (κ3) is 3.96. The number of β-amino-alcohol motifs (C(OH)–C–C–N with tert-alkyl or cyclic N) is 1. The van der Waals surface area contributed by atoms with Crippen LogP contribution in [0.1, 0.15) is 29.8 Å². The van der Waals surface area contributed by atoms with Gasteiger partial charge in [-0.05, 0) is 30.4 Å². The Hall–Kier alpha value is -1.20. The van der Waals surface area contributed by atoms with E-state index in [4.69, 9.17) is 0 Å². The van der Waals surface area contributed by atoms with E-state index in [1.807, 2.05) is 6.07 Å². The lowest BCUT2D eigenvalue weighted by Gasteiger charge is -2.26. The number of thiophene rings is 1. The lowest BCUT2D eigenvalue weighted by atomic mass is 10.1. The SMILES string of the molecule is C[C@H](NC[C@@H]1C[C@@H](O)CN1Cc1ccccc1)c1cccs1. The Morgan fingerprint density at radius 3 is 2.82 bits per heavy atom. The van der Waals surface area contributed by atoms with Crippen molar-refractivity contribution in [3.8, 4) is 0 Å². The average Bonchev–Trinajstić information content (AvgIpc) is 3.16. The summed E-state index contributed by atoms with van der Waals surface area (Å²) in [5, 5.41) is 15.8. The van der Waals surface area contributed by atoms with Crippen molar-refractivity contribution in [3.05, 3.63) is 58.3 Å². The molecule has 3 nitrogen and oxygen atoms in total. The first-order chi connectivity index (χ1) is 10.7. The molecule has 2 heterocycles. The number of rotatable bonds is 6. The van der Waals surface area contributed by atoms with Crippen molar-refractivity contribution in [2.45, 2.75) is 38.1 Å². The first-order valence-electron chi connectivity index (χ1n) is 7.95. The molecule has 1 aromatic carbocycles. The number of benzene rings is 1. The van der Waals surface area contributed by atoms with Crippen LogP contribution < -0.4 is 5.32 Å². The molecule has 0 spiro atoms. The molecule has 0 unspecified atom stereocenters. The Labute approximate surface area is 136 Å². The predicted molar refractivity (Wildman–Crippen MR) is 92.0 cm³/mol. The van der Waals surface area contributed by atoms with Crippen molar-refractivity contribution in [2.75, 3.05) is 13.1 Å². The number of aliphatic hydroxyl groups is 1. The van der Waals surface area contributed by atoms with Gasteiger partial charge in [-0.15, -0.1) is 11.3 Å². The fourth-order valence-electron chi connectivity index (χ4n) is 3.13. The molecule has 1 aliphatic heterocycles. The zero-order chi connectivity index (χ0) is 15.4. The summed E-state index contributed by atoms with van der Waals surface area (Å²) in [4.78, 5) is 3.77. The summed E-state index contributed by atoms with van der Waals surface area (Å²) in [6.45, 7) is 4.81. The molecule has 1 aliphatic rings. The molecule has 3 rings (SSSR count). The van der Waals surface area contributed by atoms with Crippen molar-refractivity contribution < 1.29 is 5.11 Å². The maximum absolute atomic E-state index is 10.0. The minimum absolute atomic E-state index is 0.201. The second kappa shape index (κ2) is 7.38. The van der Waals surface area contributed by atoms with E-state index in [1.165, 1.54) is 10.4 Å². The highest BCUT2D eigenvalue weighted by Crippen LogP contribution is 2.22. The summed E-state index contributed by atoms with van der Waals surface area (Å²) in [7, 11) is 0. The van der Waals surface area contributed by atoms with E-state index in [-0.39, 0.29) is 6.10 Å². The second-order valence-corrected chi connectivity index (χ2v) is 7.08. The van der Waals surface area contributed by atoms with Gasteiger partial charge in [0.25, 0.3) is 0 Å². The molecular weight excluding hydrogens is 292 g/mol. The van der Waals surface area contributed by atoms with Crippen LogP contribution in [0.3, 0.4) is 0 Å².